The molecule has 0 spiro atoms. The third kappa shape index (κ3) is 3.69. The Morgan fingerprint density at radius 1 is 1.43 bits per heavy atom. The van der Waals surface area contributed by atoms with Gasteiger partial charge >= 0.3 is 0 Å². The van der Waals surface area contributed by atoms with Crippen LogP contribution < -0.4 is 5.32 Å². The molecule has 0 aromatic heterocycles. The van der Waals surface area contributed by atoms with Crippen molar-refractivity contribution in [2.45, 2.75) is 18.7 Å². The Kier molecular flexibility index (Phi) is 5.64. The van der Waals surface area contributed by atoms with Crippen LogP contribution in [-0.2, 0) is 10.0 Å². The molecule has 9 heteroatoms. The Hall–Kier alpha value is -1.71. The summed E-state index contributed by atoms with van der Waals surface area (Å²) in [6, 6.07) is 2.50. The first-order valence-corrected chi connectivity index (χ1v) is 7.79. The summed E-state index contributed by atoms with van der Waals surface area (Å²) in [6.07, 6.45) is 0. The number of likely N-dealkylation sites (N-methyl/N-ethyl adjacent to an activating group) is 1. The molecule has 8 nitrogen and oxygen atoms in total. The Labute approximate surface area is 123 Å². The summed E-state index contributed by atoms with van der Waals surface area (Å²) in [5.41, 5.74) is 0.392. The molecule has 2 N–H and O–H groups in total. The van der Waals surface area contributed by atoms with E-state index >= 15 is 0 Å². The van der Waals surface area contributed by atoms with E-state index in [1.165, 1.54) is 13.1 Å². The fourth-order valence-corrected chi connectivity index (χ4v) is 3.25. The average Bonchev–Trinajstić information content (AvgIpc) is 2.38. The summed E-state index contributed by atoms with van der Waals surface area (Å²) in [6.45, 7) is 3.44. The highest BCUT2D eigenvalue weighted by molar-refractivity contribution is 7.89. The molecule has 0 atom stereocenters. The molecule has 0 amide bonds. The molecule has 0 heterocycles. The standard InChI is InChI=1S/C12H19N3O5S/c1-4-13-10-7-9(2)12(8-11(10)15(17)18)21(19,20)14(3)5-6-16/h7-8,13,16H,4-6H2,1-3H3. The number of aliphatic hydroxyl groups is 1. The van der Waals surface area contributed by atoms with Crippen molar-refractivity contribution in [1.82, 2.24) is 4.31 Å². The lowest BCUT2D eigenvalue weighted by Gasteiger charge is -2.18. The van der Waals surface area contributed by atoms with Gasteiger partial charge in [0.05, 0.1) is 16.4 Å². The number of benzene rings is 1. The topological polar surface area (TPSA) is 113 Å². The molecule has 1 aromatic carbocycles. The summed E-state index contributed by atoms with van der Waals surface area (Å²) >= 11 is 0. The van der Waals surface area contributed by atoms with E-state index in [4.69, 9.17) is 5.11 Å². The lowest BCUT2D eigenvalue weighted by molar-refractivity contribution is -0.384. The number of hydrogen-bond acceptors (Lipinski definition) is 6. The fourth-order valence-electron chi connectivity index (χ4n) is 1.87. The van der Waals surface area contributed by atoms with Crippen LogP contribution in [0, 0.1) is 17.0 Å². The van der Waals surface area contributed by atoms with Crippen molar-refractivity contribution in [2.75, 3.05) is 32.1 Å². The number of nitro benzene ring substituents is 1. The molecule has 0 unspecified atom stereocenters. The van der Waals surface area contributed by atoms with Gasteiger partial charge in [0.2, 0.25) is 10.0 Å². The summed E-state index contributed by atoms with van der Waals surface area (Å²) in [4.78, 5) is 10.3. The van der Waals surface area contributed by atoms with Gasteiger partial charge in [-0.15, -0.1) is 0 Å². The second-order valence-corrected chi connectivity index (χ2v) is 6.49. The monoisotopic (exact) mass is 317 g/mol. The molecular formula is C12H19N3O5S. The molecule has 0 radical (unpaired) electrons. The first-order chi connectivity index (χ1) is 9.75. The summed E-state index contributed by atoms with van der Waals surface area (Å²) in [7, 11) is -2.56. The SMILES string of the molecule is CCNc1cc(C)c(S(=O)(=O)N(C)CCO)cc1[N+](=O)[O-]. The van der Waals surface area contributed by atoms with Crippen molar-refractivity contribution in [3.8, 4) is 0 Å². The van der Waals surface area contributed by atoms with E-state index in [1.807, 2.05) is 0 Å². The van der Waals surface area contributed by atoms with Gasteiger partial charge in [-0.1, -0.05) is 0 Å². The first kappa shape index (κ1) is 17.3. The molecular weight excluding hydrogens is 298 g/mol. The minimum absolute atomic E-state index is 0.0788. The van der Waals surface area contributed by atoms with Crippen LogP contribution in [0.15, 0.2) is 17.0 Å². The lowest BCUT2D eigenvalue weighted by atomic mass is 10.2. The van der Waals surface area contributed by atoms with Crippen molar-refractivity contribution in [3.63, 3.8) is 0 Å². The Morgan fingerprint density at radius 3 is 2.52 bits per heavy atom. The van der Waals surface area contributed by atoms with Crippen LogP contribution in [-0.4, -0.2) is 49.5 Å². The van der Waals surface area contributed by atoms with Crippen LogP contribution in [0.4, 0.5) is 11.4 Å². The number of aliphatic hydroxyl groups excluding tert-OH is 1. The normalized spacial score (nSPS) is 11.7. The van der Waals surface area contributed by atoms with Crippen LogP contribution in [0.1, 0.15) is 12.5 Å². The van der Waals surface area contributed by atoms with Crippen molar-refractivity contribution in [1.29, 1.82) is 0 Å². The van der Waals surface area contributed by atoms with Crippen LogP contribution in [0.3, 0.4) is 0 Å². The molecule has 21 heavy (non-hydrogen) atoms. The molecule has 118 valence electrons. The zero-order valence-corrected chi connectivity index (χ0v) is 13.0. The zero-order valence-electron chi connectivity index (χ0n) is 12.2. The lowest BCUT2D eigenvalue weighted by Crippen LogP contribution is -2.30. The molecule has 1 rings (SSSR count). The van der Waals surface area contributed by atoms with Gasteiger partial charge in [0, 0.05) is 26.2 Å². The minimum Gasteiger partial charge on any atom is -0.395 e. The third-order valence-corrected chi connectivity index (χ3v) is 4.96. The maximum atomic E-state index is 12.4. The van der Waals surface area contributed by atoms with Crippen LogP contribution in [0.25, 0.3) is 0 Å². The minimum atomic E-state index is -3.88. The number of nitro groups is 1. The number of sulfonamides is 1. The smallest absolute Gasteiger partial charge is 0.293 e. The second kappa shape index (κ2) is 6.83. The molecule has 0 aliphatic rings. The summed E-state index contributed by atoms with van der Waals surface area (Å²) in [5, 5.41) is 22.8. The molecule has 0 fully saturated rings. The highest BCUT2D eigenvalue weighted by Gasteiger charge is 2.27. The van der Waals surface area contributed by atoms with Gasteiger partial charge in [-0.3, -0.25) is 10.1 Å². The molecule has 1 aromatic rings. The average molecular weight is 317 g/mol. The second-order valence-electron chi connectivity index (χ2n) is 4.47. The van der Waals surface area contributed by atoms with Gasteiger partial charge in [-0.2, -0.15) is 4.31 Å². The highest BCUT2D eigenvalue weighted by Crippen LogP contribution is 2.31. The Morgan fingerprint density at radius 2 is 2.05 bits per heavy atom. The van der Waals surface area contributed by atoms with E-state index in [2.05, 4.69) is 5.32 Å². The van der Waals surface area contributed by atoms with Gasteiger partial charge in [-0.05, 0) is 25.5 Å². The number of nitrogens with one attached hydrogen (secondary N) is 1. The van der Waals surface area contributed by atoms with E-state index in [0.29, 0.717) is 12.1 Å². The van der Waals surface area contributed by atoms with E-state index in [9.17, 15) is 18.5 Å². The molecule has 0 saturated heterocycles. The first-order valence-electron chi connectivity index (χ1n) is 6.35. The molecule has 0 bridgehead atoms. The molecule has 0 aliphatic heterocycles. The van der Waals surface area contributed by atoms with Crippen LogP contribution >= 0.6 is 0 Å². The van der Waals surface area contributed by atoms with Crippen molar-refractivity contribution in [3.05, 3.63) is 27.8 Å². The largest absolute Gasteiger partial charge is 0.395 e. The van der Waals surface area contributed by atoms with Gasteiger partial charge in [0.25, 0.3) is 5.69 Å². The van der Waals surface area contributed by atoms with E-state index < -0.39 is 14.9 Å². The zero-order chi connectivity index (χ0) is 16.2. The van der Waals surface area contributed by atoms with Gasteiger partial charge in [0.15, 0.2) is 0 Å². The van der Waals surface area contributed by atoms with Crippen LogP contribution in [0.2, 0.25) is 0 Å². The fraction of sp³-hybridized carbons (Fsp3) is 0.500. The predicted octanol–water partition coefficient (Wildman–Crippen LogP) is 0.948. The van der Waals surface area contributed by atoms with Gasteiger partial charge < -0.3 is 10.4 Å². The third-order valence-electron chi connectivity index (χ3n) is 2.96. The number of anilines is 1. The van der Waals surface area contributed by atoms with Crippen molar-refractivity contribution >= 4 is 21.4 Å². The maximum Gasteiger partial charge on any atom is 0.293 e. The number of hydrogen-bond donors (Lipinski definition) is 2. The quantitative estimate of drug-likeness (QED) is 0.572. The van der Waals surface area contributed by atoms with E-state index in [1.54, 1.807) is 13.8 Å². The van der Waals surface area contributed by atoms with E-state index in [0.717, 1.165) is 10.4 Å². The van der Waals surface area contributed by atoms with Crippen molar-refractivity contribution in [2.24, 2.45) is 0 Å². The van der Waals surface area contributed by atoms with E-state index in [-0.39, 0.29) is 29.4 Å². The molecule has 0 aliphatic carbocycles. The number of rotatable bonds is 7. The molecule has 0 saturated carbocycles. The van der Waals surface area contributed by atoms with Gasteiger partial charge in [0.1, 0.15) is 5.69 Å². The van der Waals surface area contributed by atoms with Crippen molar-refractivity contribution < 1.29 is 18.4 Å². The predicted molar refractivity (Wildman–Crippen MR) is 78.9 cm³/mol. The van der Waals surface area contributed by atoms with Crippen LogP contribution in [0.5, 0.6) is 0 Å². The maximum absolute atomic E-state index is 12.4. The highest BCUT2D eigenvalue weighted by atomic mass is 32.2. The number of nitrogens with zero attached hydrogens (tertiary/aromatic N) is 2. The van der Waals surface area contributed by atoms with Gasteiger partial charge in [-0.25, -0.2) is 8.42 Å². The Balaban J connectivity index is 3.44. The summed E-state index contributed by atoms with van der Waals surface area (Å²) in [5.74, 6) is 0. The number of aryl methyl sites for hydroxylation is 1. The Bertz CT molecular complexity index is 630. The summed E-state index contributed by atoms with van der Waals surface area (Å²) < 4.78 is 25.7.